The van der Waals surface area contributed by atoms with Gasteiger partial charge in [0, 0.05) is 25.1 Å². The summed E-state index contributed by atoms with van der Waals surface area (Å²) in [6.45, 7) is 3.92. The van der Waals surface area contributed by atoms with Crippen molar-refractivity contribution in [1.29, 1.82) is 0 Å². The second-order valence-electron chi connectivity index (χ2n) is 6.10. The summed E-state index contributed by atoms with van der Waals surface area (Å²) in [6, 6.07) is 5.21. The van der Waals surface area contributed by atoms with Gasteiger partial charge in [-0.1, -0.05) is 13.8 Å². The molecule has 1 N–H and O–H groups in total. The highest BCUT2D eigenvalue weighted by Gasteiger charge is 2.32. The van der Waals surface area contributed by atoms with E-state index in [1.165, 1.54) is 6.21 Å². The van der Waals surface area contributed by atoms with Crippen molar-refractivity contribution in [3.63, 3.8) is 0 Å². The molecule has 0 bridgehead atoms. The number of Topliss-reactive ketones (excluding diaryl/α,β-unsaturated/α-hetero) is 1. The summed E-state index contributed by atoms with van der Waals surface area (Å²) in [7, 11) is 3.11. The number of methoxy groups -OCH3 is 2. The van der Waals surface area contributed by atoms with E-state index in [0.29, 0.717) is 30.0 Å². The summed E-state index contributed by atoms with van der Waals surface area (Å²) in [4.78, 5) is 16.4. The molecule has 1 aromatic rings. The van der Waals surface area contributed by atoms with E-state index in [0.717, 1.165) is 0 Å². The first-order valence-electron chi connectivity index (χ1n) is 7.08. The maximum absolute atomic E-state index is 12.1. The summed E-state index contributed by atoms with van der Waals surface area (Å²) in [6.07, 6.45) is 2.29. The van der Waals surface area contributed by atoms with Crippen LogP contribution in [-0.4, -0.2) is 31.3 Å². The molecule has 1 aliphatic rings. The maximum Gasteiger partial charge on any atom is 0.168 e. The Labute approximate surface area is 130 Å². The molecule has 5 nitrogen and oxygen atoms in total. The van der Waals surface area contributed by atoms with E-state index in [9.17, 15) is 9.90 Å². The molecular weight excluding hydrogens is 282 g/mol. The molecule has 0 fully saturated rings. The molecule has 118 valence electrons. The fourth-order valence-electron chi connectivity index (χ4n) is 2.47. The number of hydrogen-bond donors (Lipinski definition) is 1. The number of carbonyl (C=O) groups is 1. The van der Waals surface area contributed by atoms with Crippen LogP contribution in [0.25, 0.3) is 0 Å². The van der Waals surface area contributed by atoms with Crippen LogP contribution >= 0.6 is 0 Å². The van der Waals surface area contributed by atoms with Crippen LogP contribution in [0.15, 0.2) is 34.5 Å². The number of ether oxygens (including phenoxy) is 2. The number of carbonyl (C=O) groups excluding carboxylic acids is 1. The molecule has 0 unspecified atom stereocenters. The molecule has 2 rings (SSSR count). The number of allylic oxidation sites excluding steroid dienone is 2. The van der Waals surface area contributed by atoms with Gasteiger partial charge in [0.25, 0.3) is 0 Å². The third kappa shape index (κ3) is 3.47. The van der Waals surface area contributed by atoms with Crippen molar-refractivity contribution < 1.29 is 19.4 Å². The number of ketones is 1. The summed E-state index contributed by atoms with van der Waals surface area (Å²) < 4.78 is 10.4. The predicted octanol–water partition coefficient (Wildman–Crippen LogP) is 3.61. The van der Waals surface area contributed by atoms with Crippen LogP contribution in [0.5, 0.6) is 11.5 Å². The number of rotatable bonds is 4. The minimum atomic E-state index is -0.212. The standard InChI is InChI=1S/C17H21NO4/c1-17(2)8-14(19)12(15(20)9-17)10-18-13-6-5-11(21-3)7-16(13)22-4/h5-7,10,19H,8-9H2,1-4H3. The number of aliphatic hydroxyl groups excluding tert-OH is 1. The molecule has 0 aromatic heterocycles. The van der Waals surface area contributed by atoms with Gasteiger partial charge < -0.3 is 14.6 Å². The van der Waals surface area contributed by atoms with E-state index in [1.807, 2.05) is 13.8 Å². The molecule has 0 saturated heterocycles. The van der Waals surface area contributed by atoms with E-state index in [2.05, 4.69) is 4.99 Å². The summed E-state index contributed by atoms with van der Waals surface area (Å²) >= 11 is 0. The van der Waals surface area contributed by atoms with E-state index in [4.69, 9.17) is 9.47 Å². The maximum atomic E-state index is 12.1. The SMILES string of the molecule is COc1ccc(N=CC2=C(O)CC(C)(C)CC2=O)c(OC)c1. The van der Waals surface area contributed by atoms with Crippen LogP contribution in [-0.2, 0) is 4.79 Å². The van der Waals surface area contributed by atoms with E-state index in [1.54, 1.807) is 32.4 Å². The molecule has 5 heteroatoms. The predicted molar refractivity (Wildman–Crippen MR) is 85.4 cm³/mol. The zero-order chi connectivity index (χ0) is 16.3. The van der Waals surface area contributed by atoms with Gasteiger partial charge in [-0.2, -0.15) is 0 Å². The quantitative estimate of drug-likeness (QED) is 0.863. The largest absolute Gasteiger partial charge is 0.511 e. The zero-order valence-electron chi connectivity index (χ0n) is 13.3. The molecule has 0 aliphatic heterocycles. The Morgan fingerprint density at radius 3 is 2.55 bits per heavy atom. The Hall–Kier alpha value is -2.30. The van der Waals surface area contributed by atoms with Crippen LogP contribution in [0.3, 0.4) is 0 Å². The van der Waals surface area contributed by atoms with Gasteiger partial charge in [0.15, 0.2) is 5.78 Å². The molecule has 22 heavy (non-hydrogen) atoms. The zero-order valence-corrected chi connectivity index (χ0v) is 13.3. The van der Waals surface area contributed by atoms with Crippen molar-refractivity contribution in [1.82, 2.24) is 0 Å². The van der Waals surface area contributed by atoms with Gasteiger partial charge in [0.2, 0.25) is 0 Å². The molecule has 1 aromatic carbocycles. The minimum absolute atomic E-state index is 0.0926. The molecule has 0 atom stereocenters. The third-order valence-electron chi connectivity index (χ3n) is 3.62. The monoisotopic (exact) mass is 303 g/mol. The van der Waals surface area contributed by atoms with E-state index >= 15 is 0 Å². The van der Waals surface area contributed by atoms with E-state index in [-0.39, 0.29) is 22.5 Å². The number of nitrogens with zero attached hydrogens (tertiary/aromatic N) is 1. The number of aliphatic hydroxyl groups is 1. The number of benzene rings is 1. The van der Waals surface area contributed by atoms with Gasteiger partial charge in [-0.25, -0.2) is 0 Å². The Morgan fingerprint density at radius 1 is 1.23 bits per heavy atom. The molecule has 0 spiro atoms. The van der Waals surface area contributed by atoms with Crippen molar-refractivity contribution in [2.75, 3.05) is 14.2 Å². The van der Waals surface area contributed by atoms with Crippen LogP contribution in [0.1, 0.15) is 26.7 Å². The van der Waals surface area contributed by atoms with Gasteiger partial charge in [0.1, 0.15) is 22.9 Å². The van der Waals surface area contributed by atoms with Crippen molar-refractivity contribution in [2.24, 2.45) is 10.4 Å². The van der Waals surface area contributed by atoms with Crippen molar-refractivity contribution in [3.8, 4) is 11.5 Å². The molecule has 0 heterocycles. The molecule has 1 aliphatic carbocycles. The number of aliphatic imine (C=N–C) groups is 1. The first kappa shape index (κ1) is 16.1. The van der Waals surface area contributed by atoms with Gasteiger partial charge >= 0.3 is 0 Å². The van der Waals surface area contributed by atoms with Crippen LogP contribution in [0.2, 0.25) is 0 Å². The normalized spacial score (nSPS) is 17.9. The van der Waals surface area contributed by atoms with Gasteiger partial charge in [0.05, 0.1) is 19.8 Å². The fraction of sp³-hybridized carbons (Fsp3) is 0.412. The lowest BCUT2D eigenvalue weighted by Crippen LogP contribution is -2.26. The van der Waals surface area contributed by atoms with Crippen LogP contribution < -0.4 is 9.47 Å². The Kier molecular flexibility index (Phi) is 4.54. The fourth-order valence-corrected chi connectivity index (χ4v) is 2.47. The van der Waals surface area contributed by atoms with E-state index < -0.39 is 0 Å². The average molecular weight is 303 g/mol. The highest BCUT2D eigenvalue weighted by molar-refractivity contribution is 6.15. The van der Waals surface area contributed by atoms with Crippen LogP contribution in [0.4, 0.5) is 5.69 Å². The second-order valence-corrected chi connectivity index (χ2v) is 6.10. The summed E-state index contributed by atoms with van der Waals surface area (Å²) in [5.41, 5.74) is 0.634. The Bertz CT molecular complexity index is 644. The lowest BCUT2D eigenvalue weighted by Gasteiger charge is -2.28. The molecule has 0 radical (unpaired) electrons. The van der Waals surface area contributed by atoms with Gasteiger partial charge in [-0.05, 0) is 17.5 Å². The topological polar surface area (TPSA) is 68.1 Å². The van der Waals surface area contributed by atoms with Crippen LogP contribution in [0, 0.1) is 5.41 Å². The third-order valence-corrected chi connectivity index (χ3v) is 3.62. The first-order chi connectivity index (χ1) is 10.4. The summed E-state index contributed by atoms with van der Waals surface area (Å²) in [5.74, 6) is 1.20. The molecule has 0 saturated carbocycles. The average Bonchev–Trinajstić information content (AvgIpc) is 2.45. The first-order valence-corrected chi connectivity index (χ1v) is 7.08. The van der Waals surface area contributed by atoms with Gasteiger partial charge in [-0.3, -0.25) is 9.79 Å². The lowest BCUT2D eigenvalue weighted by atomic mass is 9.77. The molecular formula is C17H21NO4. The van der Waals surface area contributed by atoms with Gasteiger partial charge in [-0.15, -0.1) is 0 Å². The smallest absolute Gasteiger partial charge is 0.168 e. The Balaban J connectivity index is 2.30. The highest BCUT2D eigenvalue weighted by atomic mass is 16.5. The number of hydrogen-bond acceptors (Lipinski definition) is 5. The molecule has 0 amide bonds. The lowest BCUT2D eigenvalue weighted by molar-refractivity contribution is -0.117. The highest BCUT2D eigenvalue weighted by Crippen LogP contribution is 2.36. The van der Waals surface area contributed by atoms with Crippen molar-refractivity contribution in [2.45, 2.75) is 26.7 Å². The minimum Gasteiger partial charge on any atom is -0.511 e. The second kappa shape index (κ2) is 6.22. The van der Waals surface area contributed by atoms with Crippen molar-refractivity contribution >= 4 is 17.7 Å². The Morgan fingerprint density at radius 2 is 1.95 bits per heavy atom. The van der Waals surface area contributed by atoms with Crippen molar-refractivity contribution in [3.05, 3.63) is 29.5 Å². The summed E-state index contributed by atoms with van der Waals surface area (Å²) in [5, 5.41) is 10.1.